The number of piperidine rings is 1. The number of carbonyl (C=O) groups is 1. The Morgan fingerprint density at radius 2 is 1.90 bits per heavy atom. The zero-order valence-corrected chi connectivity index (χ0v) is 11.5. The molecule has 0 radical (unpaired) electrons. The first-order chi connectivity index (χ1) is 9.97. The van der Waals surface area contributed by atoms with Crippen LogP contribution >= 0.6 is 0 Å². The highest BCUT2D eigenvalue weighted by molar-refractivity contribution is 5.94. The lowest BCUT2D eigenvalue weighted by molar-refractivity contribution is -0.137. The smallest absolute Gasteiger partial charge is 0.334 e. The van der Waals surface area contributed by atoms with Crippen LogP contribution < -0.4 is 5.32 Å². The van der Waals surface area contributed by atoms with Crippen molar-refractivity contribution in [3.63, 3.8) is 0 Å². The average molecular weight is 298 g/mol. The number of benzene rings is 1. The fraction of sp³-hybridized carbons (Fsp3) is 0.533. The number of carbonyl (C=O) groups excluding carboxylic acids is 1. The van der Waals surface area contributed by atoms with Crippen LogP contribution in [0.1, 0.15) is 28.8 Å². The van der Waals surface area contributed by atoms with Gasteiger partial charge in [0.05, 0.1) is 5.56 Å². The molecule has 0 saturated carbocycles. The topological polar surface area (TPSA) is 32.3 Å². The van der Waals surface area contributed by atoms with E-state index in [2.05, 4.69) is 5.32 Å². The van der Waals surface area contributed by atoms with Gasteiger partial charge in [-0.2, -0.15) is 13.2 Å². The van der Waals surface area contributed by atoms with E-state index in [1.54, 1.807) is 0 Å². The quantitative estimate of drug-likeness (QED) is 0.864. The van der Waals surface area contributed by atoms with Crippen LogP contribution in [0.4, 0.5) is 13.2 Å². The zero-order valence-electron chi connectivity index (χ0n) is 11.5. The van der Waals surface area contributed by atoms with E-state index in [1.165, 1.54) is 12.1 Å². The number of hydrogen-bond donors (Lipinski definition) is 1. The number of amides is 1. The largest absolute Gasteiger partial charge is 0.416 e. The molecule has 1 amide bonds. The van der Waals surface area contributed by atoms with E-state index in [1.807, 2.05) is 4.90 Å². The number of hydrogen-bond acceptors (Lipinski definition) is 2. The molecule has 2 aliphatic heterocycles. The van der Waals surface area contributed by atoms with Gasteiger partial charge in [0.2, 0.25) is 0 Å². The summed E-state index contributed by atoms with van der Waals surface area (Å²) in [6, 6.07) is 4.67. The van der Waals surface area contributed by atoms with Gasteiger partial charge in [0.1, 0.15) is 0 Å². The fourth-order valence-corrected chi connectivity index (χ4v) is 3.29. The summed E-state index contributed by atoms with van der Waals surface area (Å²) in [5.41, 5.74) is -0.395. The van der Waals surface area contributed by atoms with Gasteiger partial charge >= 0.3 is 6.18 Å². The number of likely N-dealkylation sites (tertiary alicyclic amines) is 1. The minimum absolute atomic E-state index is 0.165. The molecule has 0 bridgehead atoms. The molecule has 2 fully saturated rings. The highest BCUT2D eigenvalue weighted by Crippen LogP contribution is 2.30. The molecule has 2 saturated heterocycles. The lowest BCUT2D eigenvalue weighted by Gasteiger charge is -2.37. The normalized spacial score (nSPS) is 25.8. The molecule has 1 N–H and O–H groups in total. The summed E-state index contributed by atoms with van der Waals surface area (Å²) in [5, 5.41) is 3.29. The maximum Gasteiger partial charge on any atom is 0.416 e. The summed E-state index contributed by atoms with van der Waals surface area (Å²) in [6.45, 7) is 2.38. The standard InChI is InChI=1S/C15H17F3N2O/c16-15(17,18)12-5-3-10(4-6-12)14(21)20-7-1-2-11-8-19-9-13(11)20/h3-6,11,13,19H,1-2,7-9H2. The van der Waals surface area contributed by atoms with Gasteiger partial charge in [-0.3, -0.25) is 4.79 Å². The van der Waals surface area contributed by atoms with Crippen molar-refractivity contribution in [1.29, 1.82) is 0 Å². The van der Waals surface area contributed by atoms with Gasteiger partial charge in [-0.15, -0.1) is 0 Å². The monoisotopic (exact) mass is 298 g/mol. The molecule has 2 aliphatic rings. The maximum atomic E-state index is 12.5. The van der Waals surface area contributed by atoms with Crippen LogP contribution in [0.2, 0.25) is 0 Å². The van der Waals surface area contributed by atoms with Crippen LogP contribution in [0.15, 0.2) is 24.3 Å². The van der Waals surface area contributed by atoms with Crippen LogP contribution in [0, 0.1) is 5.92 Å². The molecule has 2 atom stereocenters. The minimum Gasteiger partial charge on any atom is -0.334 e. The van der Waals surface area contributed by atoms with Crippen molar-refractivity contribution in [3.05, 3.63) is 35.4 Å². The SMILES string of the molecule is O=C(c1ccc(C(F)(F)F)cc1)N1CCCC2CNCC21. The Kier molecular flexibility index (Phi) is 3.65. The average Bonchev–Trinajstić information content (AvgIpc) is 2.94. The maximum absolute atomic E-state index is 12.5. The summed E-state index contributed by atoms with van der Waals surface area (Å²) in [7, 11) is 0. The number of nitrogens with one attached hydrogen (secondary N) is 1. The van der Waals surface area contributed by atoms with E-state index < -0.39 is 11.7 Å². The van der Waals surface area contributed by atoms with Gasteiger partial charge < -0.3 is 10.2 Å². The van der Waals surface area contributed by atoms with Crippen molar-refractivity contribution in [2.24, 2.45) is 5.92 Å². The summed E-state index contributed by atoms with van der Waals surface area (Å²) >= 11 is 0. The second-order valence-electron chi connectivity index (χ2n) is 5.70. The van der Waals surface area contributed by atoms with Crippen molar-refractivity contribution in [1.82, 2.24) is 10.2 Å². The molecular weight excluding hydrogens is 281 g/mol. The molecule has 2 heterocycles. The number of alkyl halides is 3. The van der Waals surface area contributed by atoms with Crippen LogP contribution in [-0.4, -0.2) is 36.5 Å². The third kappa shape index (κ3) is 2.77. The Morgan fingerprint density at radius 1 is 1.19 bits per heavy atom. The van der Waals surface area contributed by atoms with Crippen molar-refractivity contribution < 1.29 is 18.0 Å². The lowest BCUT2D eigenvalue weighted by Crippen LogP contribution is -2.48. The summed E-state index contributed by atoms with van der Waals surface area (Å²) in [4.78, 5) is 14.3. The highest BCUT2D eigenvalue weighted by Gasteiger charge is 2.38. The molecule has 0 aromatic heterocycles. The number of halogens is 3. The Labute approximate surface area is 121 Å². The molecule has 1 aromatic carbocycles. The Balaban J connectivity index is 1.78. The summed E-state index contributed by atoms with van der Waals surface area (Å²) < 4.78 is 37.6. The number of nitrogens with zero attached hydrogens (tertiary/aromatic N) is 1. The van der Waals surface area contributed by atoms with E-state index in [0.29, 0.717) is 18.0 Å². The third-order valence-corrected chi connectivity index (χ3v) is 4.40. The second kappa shape index (κ2) is 5.33. The molecule has 0 aliphatic carbocycles. The first-order valence-electron chi connectivity index (χ1n) is 7.16. The van der Waals surface area contributed by atoms with Crippen LogP contribution in [0.3, 0.4) is 0 Å². The van der Waals surface area contributed by atoms with Crippen molar-refractivity contribution in [3.8, 4) is 0 Å². The molecule has 2 unspecified atom stereocenters. The summed E-state index contributed by atoms with van der Waals surface area (Å²) in [6.07, 6.45) is -2.31. The predicted octanol–water partition coefficient (Wildman–Crippen LogP) is 2.53. The second-order valence-corrected chi connectivity index (χ2v) is 5.70. The van der Waals surface area contributed by atoms with Crippen molar-refractivity contribution in [2.45, 2.75) is 25.1 Å². The molecule has 21 heavy (non-hydrogen) atoms. The first-order valence-corrected chi connectivity index (χ1v) is 7.16. The Morgan fingerprint density at radius 3 is 2.57 bits per heavy atom. The van der Waals surface area contributed by atoms with Gasteiger partial charge in [-0.05, 0) is 43.0 Å². The molecule has 114 valence electrons. The first kappa shape index (κ1) is 14.4. The van der Waals surface area contributed by atoms with Gasteiger partial charge in [0, 0.05) is 31.2 Å². The van der Waals surface area contributed by atoms with E-state index in [4.69, 9.17) is 0 Å². The Bertz CT molecular complexity index is 527. The molecule has 3 nitrogen and oxygen atoms in total. The van der Waals surface area contributed by atoms with Crippen LogP contribution in [-0.2, 0) is 6.18 Å². The fourth-order valence-electron chi connectivity index (χ4n) is 3.29. The predicted molar refractivity (Wildman–Crippen MR) is 71.9 cm³/mol. The molecule has 6 heteroatoms. The third-order valence-electron chi connectivity index (χ3n) is 4.40. The minimum atomic E-state index is -4.37. The van der Waals surface area contributed by atoms with E-state index in [9.17, 15) is 18.0 Å². The van der Waals surface area contributed by atoms with E-state index in [0.717, 1.165) is 38.1 Å². The van der Waals surface area contributed by atoms with Crippen molar-refractivity contribution >= 4 is 5.91 Å². The van der Waals surface area contributed by atoms with Gasteiger partial charge in [0.15, 0.2) is 0 Å². The number of fused-ring (bicyclic) bond motifs is 1. The Hall–Kier alpha value is -1.56. The number of rotatable bonds is 1. The molecule has 0 spiro atoms. The highest BCUT2D eigenvalue weighted by atomic mass is 19.4. The van der Waals surface area contributed by atoms with Gasteiger partial charge in [0.25, 0.3) is 5.91 Å². The molecule has 3 rings (SSSR count). The zero-order chi connectivity index (χ0) is 15.0. The lowest BCUT2D eigenvalue weighted by atomic mass is 9.91. The van der Waals surface area contributed by atoms with Crippen LogP contribution in [0.5, 0.6) is 0 Å². The van der Waals surface area contributed by atoms with E-state index in [-0.39, 0.29) is 11.9 Å². The van der Waals surface area contributed by atoms with Crippen LogP contribution in [0.25, 0.3) is 0 Å². The molecule has 1 aromatic rings. The van der Waals surface area contributed by atoms with Crippen molar-refractivity contribution in [2.75, 3.05) is 19.6 Å². The van der Waals surface area contributed by atoms with E-state index >= 15 is 0 Å². The van der Waals surface area contributed by atoms with Gasteiger partial charge in [-0.25, -0.2) is 0 Å². The summed E-state index contributed by atoms with van der Waals surface area (Å²) in [5.74, 6) is 0.305. The molecular formula is C15H17F3N2O. The van der Waals surface area contributed by atoms with Gasteiger partial charge in [-0.1, -0.05) is 0 Å².